The minimum atomic E-state index is -0.0865. The van der Waals surface area contributed by atoms with Gasteiger partial charge in [-0.15, -0.1) is 11.8 Å². The van der Waals surface area contributed by atoms with E-state index in [1.165, 1.54) is 4.90 Å². The molecule has 0 unspecified atom stereocenters. The fourth-order valence-corrected chi connectivity index (χ4v) is 3.14. The molecule has 3 nitrogen and oxygen atoms in total. The number of benzene rings is 2. The molecular formula is C20H18N2OS. The lowest BCUT2D eigenvalue weighted by molar-refractivity contribution is -0.116. The molecule has 0 atom stereocenters. The summed E-state index contributed by atoms with van der Waals surface area (Å²) in [6.45, 7) is 0.635. The van der Waals surface area contributed by atoms with Gasteiger partial charge in [0.1, 0.15) is 0 Å². The summed E-state index contributed by atoms with van der Waals surface area (Å²) in [5.41, 5.74) is 1.85. The average molecular weight is 334 g/mol. The molecule has 120 valence electrons. The summed E-state index contributed by atoms with van der Waals surface area (Å²) >= 11 is 1.73. The molecular weight excluding hydrogens is 316 g/mol. The maximum Gasteiger partial charge on any atom is 0.244 e. The van der Waals surface area contributed by atoms with Crippen molar-refractivity contribution in [1.29, 1.82) is 0 Å². The van der Waals surface area contributed by atoms with Crippen LogP contribution in [0.15, 0.2) is 77.8 Å². The van der Waals surface area contributed by atoms with E-state index in [9.17, 15) is 4.79 Å². The highest BCUT2D eigenvalue weighted by Gasteiger charge is 2.00. The second-order valence-corrected chi connectivity index (χ2v) is 6.38. The average Bonchev–Trinajstić information content (AvgIpc) is 2.64. The molecule has 1 heterocycles. The van der Waals surface area contributed by atoms with Crippen LogP contribution in [0.3, 0.4) is 0 Å². The Morgan fingerprint density at radius 1 is 1.04 bits per heavy atom. The zero-order valence-corrected chi connectivity index (χ0v) is 14.0. The third-order valence-electron chi connectivity index (χ3n) is 3.49. The van der Waals surface area contributed by atoms with Crippen LogP contribution in [-0.4, -0.2) is 23.2 Å². The molecule has 0 aliphatic carbocycles. The lowest BCUT2D eigenvalue weighted by atomic mass is 10.1. The quantitative estimate of drug-likeness (QED) is 0.418. The van der Waals surface area contributed by atoms with E-state index < -0.39 is 0 Å². The van der Waals surface area contributed by atoms with E-state index in [1.54, 1.807) is 24.0 Å². The van der Waals surface area contributed by atoms with Crippen LogP contribution < -0.4 is 5.32 Å². The number of hydrogen-bond acceptors (Lipinski definition) is 3. The fraction of sp³-hybridized carbons (Fsp3) is 0.100. The number of pyridine rings is 1. The highest BCUT2D eigenvalue weighted by Crippen LogP contribution is 2.17. The number of rotatable bonds is 6. The number of aromatic nitrogens is 1. The summed E-state index contributed by atoms with van der Waals surface area (Å²) < 4.78 is 0. The number of carbonyl (C=O) groups is 1. The highest BCUT2D eigenvalue weighted by atomic mass is 32.2. The third-order valence-corrected chi connectivity index (χ3v) is 4.51. The summed E-state index contributed by atoms with van der Waals surface area (Å²) in [4.78, 5) is 17.5. The number of nitrogens with one attached hydrogen (secondary N) is 1. The van der Waals surface area contributed by atoms with E-state index in [-0.39, 0.29) is 5.91 Å². The minimum absolute atomic E-state index is 0.0865. The molecule has 1 aromatic heterocycles. The van der Waals surface area contributed by atoms with E-state index in [0.29, 0.717) is 6.54 Å². The maximum absolute atomic E-state index is 11.9. The Morgan fingerprint density at radius 3 is 2.75 bits per heavy atom. The van der Waals surface area contributed by atoms with E-state index >= 15 is 0 Å². The zero-order chi connectivity index (χ0) is 16.6. The molecule has 24 heavy (non-hydrogen) atoms. The normalized spacial score (nSPS) is 11.0. The van der Waals surface area contributed by atoms with E-state index in [4.69, 9.17) is 0 Å². The van der Waals surface area contributed by atoms with E-state index in [1.807, 2.05) is 54.6 Å². The zero-order valence-electron chi connectivity index (χ0n) is 13.2. The van der Waals surface area contributed by atoms with Gasteiger partial charge in [-0.25, -0.2) is 0 Å². The van der Waals surface area contributed by atoms with Gasteiger partial charge in [-0.2, -0.15) is 0 Å². The van der Waals surface area contributed by atoms with Gasteiger partial charge in [0.05, 0.1) is 5.52 Å². The topological polar surface area (TPSA) is 42.0 Å². The summed E-state index contributed by atoms with van der Waals surface area (Å²) in [7, 11) is 0. The Morgan fingerprint density at radius 2 is 1.88 bits per heavy atom. The number of amides is 1. The second kappa shape index (κ2) is 8.31. The van der Waals surface area contributed by atoms with Crippen molar-refractivity contribution >= 4 is 34.6 Å². The molecule has 0 aliphatic rings. The molecule has 1 N–H and O–H groups in total. The van der Waals surface area contributed by atoms with Crippen LogP contribution in [0.4, 0.5) is 0 Å². The van der Waals surface area contributed by atoms with Gasteiger partial charge in [0.25, 0.3) is 0 Å². The third kappa shape index (κ3) is 4.46. The number of thioether (sulfide) groups is 1. The van der Waals surface area contributed by atoms with Crippen LogP contribution in [0.5, 0.6) is 0 Å². The van der Waals surface area contributed by atoms with Crippen LogP contribution in [-0.2, 0) is 4.79 Å². The van der Waals surface area contributed by atoms with Crippen molar-refractivity contribution < 1.29 is 4.79 Å². The Bertz CT molecular complexity index is 841. The lowest BCUT2D eigenvalue weighted by Gasteiger charge is -2.03. The fourth-order valence-electron chi connectivity index (χ4n) is 2.35. The standard InChI is InChI=1S/C20H18N2OS/c23-19(21-14-15-24-18-9-2-1-3-10-18)12-11-17-7-4-6-16-8-5-13-22-20(16)17/h1-13H,14-15H2,(H,21,23)/b12-11+. The van der Waals surface area contributed by atoms with Gasteiger partial charge in [-0.05, 0) is 24.3 Å². The van der Waals surface area contributed by atoms with Crippen molar-refractivity contribution in [1.82, 2.24) is 10.3 Å². The monoisotopic (exact) mass is 334 g/mol. The number of hydrogen-bond donors (Lipinski definition) is 1. The van der Waals surface area contributed by atoms with Crippen molar-refractivity contribution in [2.45, 2.75) is 4.90 Å². The highest BCUT2D eigenvalue weighted by molar-refractivity contribution is 7.99. The Balaban J connectivity index is 1.52. The molecule has 0 fully saturated rings. The first-order chi connectivity index (χ1) is 11.8. The smallest absolute Gasteiger partial charge is 0.244 e. The van der Waals surface area contributed by atoms with Crippen LogP contribution in [0.25, 0.3) is 17.0 Å². The molecule has 0 aliphatic heterocycles. The molecule has 2 aromatic carbocycles. The van der Waals surface area contributed by atoms with Gasteiger partial charge < -0.3 is 5.32 Å². The second-order valence-electron chi connectivity index (χ2n) is 5.21. The predicted molar refractivity (Wildman–Crippen MR) is 101 cm³/mol. The van der Waals surface area contributed by atoms with Gasteiger partial charge in [0.15, 0.2) is 0 Å². The SMILES string of the molecule is O=C(/C=C/c1cccc2cccnc12)NCCSc1ccccc1. The molecule has 3 aromatic rings. The lowest BCUT2D eigenvalue weighted by Crippen LogP contribution is -2.23. The molecule has 0 spiro atoms. The molecule has 1 amide bonds. The van der Waals surface area contributed by atoms with Gasteiger partial charge in [-0.1, -0.05) is 42.5 Å². The Labute approximate surface area is 145 Å². The number of carbonyl (C=O) groups excluding carboxylic acids is 1. The van der Waals surface area contributed by atoms with Crippen molar-refractivity contribution in [3.63, 3.8) is 0 Å². The molecule has 3 rings (SSSR count). The maximum atomic E-state index is 11.9. The number of nitrogens with zero attached hydrogens (tertiary/aromatic N) is 1. The van der Waals surface area contributed by atoms with Crippen LogP contribution in [0.1, 0.15) is 5.56 Å². The van der Waals surface area contributed by atoms with Crippen molar-refractivity contribution in [3.8, 4) is 0 Å². The largest absolute Gasteiger partial charge is 0.352 e. The first kappa shape index (κ1) is 16.3. The van der Waals surface area contributed by atoms with Gasteiger partial charge in [0, 0.05) is 40.4 Å². The summed E-state index contributed by atoms with van der Waals surface area (Å²) in [6, 6.07) is 20.0. The van der Waals surface area contributed by atoms with Gasteiger partial charge in [-0.3, -0.25) is 9.78 Å². The first-order valence-electron chi connectivity index (χ1n) is 7.80. The van der Waals surface area contributed by atoms with Gasteiger partial charge >= 0.3 is 0 Å². The van der Waals surface area contributed by atoms with Crippen LogP contribution in [0.2, 0.25) is 0 Å². The van der Waals surface area contributed by atoms with Crippen LogP contribution >= 0.6 is 11.8 Å². The first-order valence-corrected chi connectivity index (χ1v) is 8.79. The molecule has 0 saturated carbocycles. The molecule has 0 bridgehead atoms. The predicted octanol–water partition coefficient (Wildman–Crippen LogP) is 4.16. The van der Waals surface area contributed by atoms with Crippen molar-refractivity contribution in [2.24, 2.45) is 0 Å². The summed E-state index contributed by atoms with van der Waals surface area (Å²) in [6.07, 6.45) is 5.15. The van der Waals surface area contributed by atoms with Gasteiger partial charge in [0.2, 0.25) is 5.91 Å². The van der Waals surface area contributed by atoms with E-state index in [2.05, 4.69) is 22.4 Å². The minimum Gasteiger partial charge on any atom is -0.352 e. The van der Waals surface area contributed by atoms with Crippen molar-refractivity contribution in [2.75, 3.05) is 12.3 Å². The Hall–Kier alpha value is -2.59. The molecule has 0 radical (unpaired) electrons. The molecule has 0 saturated heterocycles. The van der Waals surface area contributed by atoms with Crippen LogP contribution in [0, 0.1) is 0 Å². The van der Waals surface area contributed by atoms with Crippen molar-refractivity contribution in [3.05, 3.63) is 78.5 Å². The number of para-hydroxylation sites is 1. The number of fused-ring (bicyclic) bond motifs is 1. The Kier molecular flexibility index (Phi) is 5.64. The summed E-state index contributed by atoms with van der Waals surface area (Å²) in [5.74, 6) is 0.760. The summed E-state index contributed by atoms with van der Waals surface area (Å²) in [5, 5.41) is 3.97. The molecule has 4 heteroatoms. The van der Waals surface area contributed by atoms with E-state index in [0.717, 1.165) is 22.2 Å².